The smallest absolute Gasteiger partial charge is 0.314 e. The molecule has 1 rings (SSSR count). The van der Waals surface area contributed by atoms with Crippen LogP contribution >= 0.6 is 0 Å². The summed E-state index contributed by atoms with van der Waals surface area (Å²) in [7, 11) is 0. The molecule has 9 nitrogen and oxygen atoms in total. The molecule has 0 aromatic carbocycles. The van der Waals surface area contributed by atoms with E-state index in [0.29, 0.717) is 0 Å². The molecule has 0 aliphatic carbocycles. The third-order valence-electron chi connectivity index (χ3n) is 1.88. The Morgan fingerprint density at radius 3 is 2.24 bits per heavy atom. The SMILES string of the molecule is O=C(O)Cc1nnc(C(CC(=O)O)C(=O)O)[nH]1. The predicted molar refractivity (Wildman–Crippen MR) is 50.4 cm³/mol. The van der Waals surface area contributed by atoms with E-state index in [1.54, 1.807) is 0 Å². The second-order valence-electron chi connectivity index (χ2n) is 3.22. The van der Waals surface area contributed by atoms with Gasteiger partial charge in [0.2, 0.25) is 0 Å². The van der Waals surface area contributed by atoms with Gasteiger partial charge in [0.25, 0.3) is 0 Å². The highest BCUT2D eigenvalue weighted by Gasteiger charge is 2.26. The number of carboxylic acid groups (broad SMARTS) is 3. The maximum Gasteiger partial charge on any atom is 0.314 e. The second kappa shape index (κ2) is 5.05. The van der Waals surface area contributed by atoms with Gasteiger partial charge in [-0.05, 0) is 0 Å². The molecule has 0 spiro atoms. The first kappa shape index (κ1) is 12.6. The van der Waals surface area contributed by atoms with E-state index in [-0.39, 0.29) is 11.6 Å². The molecule has 92 valence electrons. The topological polar surface area (TPSA) is 153 Å². The Kier molecular flexibility index (Phi) is 3.75. The summed E-state index contributed by atoms with van der Waals surface area (Å²) in [6.07, 6.45) is -1.09. The van der Waals surface area contributed by atoms with Crippen LogP contribution in [0.3, 0.4) is 0 Å². The van der Waals surface area contributed by atoms with Crippen LogP contribution in [0.1, 0.15) is 24.0 Å². The quantitative estimate of drug-likeness (QED) is 0.499. The standard InChI is InChI=1S/C8H9N3O6/c12-5(13)1-3(8(16)17)7-9-4(10-11-7)2-6(14)15/h3H,1-2H2,(H,12,13)(H,14,15)(H,16,17)(H,9,10,11). The van der Waals surface area contributed by atoms with Crippen molar-refractivity contribution in [3.63, 3.8) is 0 Å². The molecule has 9 heteroatoms. The van der Waals surface area contributed by atoms with Gasteiger partial charge < -0.3 is 20.3 Å². The molecule has 4 N–H and O–H groups in total. The first-order valence-corrected chi connectivity index (χ1v) is 4.48. The molecule has 0 radical (unpaired) electrons. The lowest BCUT2D eigenvalue weighted by Gasteiger charge is -2.04. The molecule has 1 unspecified atom stereocenters. The minimum Gasteiger partial charge on any atom is -0.481 e. The summed E-state index contributed by atoms with van der Waals surface area (Å²) in [5, 5.41) is 32.7. The number of carboxylic acids is 3. The number of carbonyl (C=O) groups is 3. The number of nitrogens with one attached hydrogen (secondary N) is 1. The molecular formula is C8H9N3O6. The number of hydrogen-bond donors (Lipinski definition) is 4. The number of hydrogen-bond acceptors (Lipinski definition) is 5. The van der Waals surface area contributed by atoms with E-state index in [4.69, 9.17) is 15.3 Å². The third-order valence-corrected chi connectivity index (χ3v) is 1.88. The van der Waals surface area contributed by atoms with E-state index >= 15 is 0 Å². The number of aliphatic carboxylic acids is 3. The van der Waals surface area contributed by atoms with Crippen LogP contribution in [-0.2, 0) is 20.8 Å². The van der Waals surface area contributed by atoms with Crippen molar-refractivity contribution in [3.05, 3.63) is 11.6 Å². The van der Waals surface area contributed by atoms with Crippen LogP contribution in [0, 0.1) is 0 Å². The molecule has 1 heterocycles. The second-order valence-corrected chi connectivity index (χ2v) is 3.22. The van der Waals surface area contributed by atoms with Crippen molar-refractivity contribution < 1.29 is 29.7 Å². The van der Waals surface area contributed by atoms with Gasteiger partial charge in [-0.25, -0.2) is 0 Å². The van der Waals surface area contributed by atoms with E-state index < -0.39 is 36.7 Å². The number of nitrogens with zero attached hydrogens (tertiary/aromatic N) is 2. The molecule has 1 aromatic heterocycles. The largest absolute Gasteiger partial charge is 0.481 e. The van der Waals surface area contributed by atoms with Gasteiger partial charge in [0.15, 0.2) is 0 Å². The average molecular weight is 243 g/mol. The van der Waals surface area contributed by atoms with Crippen molar-refractivity contribution in [1.82, 2.24) is 15.2 Å². The normalized spacial score (nSPS) is 12.0. The Labute approximate surface area is 94.1 Å². The summed E-state index contributed by atoms with van der Waals surface area (Å²) in [6, 6.07) is 0. The highest BCUT2D eigenvalue weighted by atomic mass is 16.4. The highest BCUT2D eigenvalue weighted by Crippen LogP contribution is 2.16. The Bertz CT molecular complexity index is 454. The van der Waals surface area contributed by atoms with Crippen LogP contribution in [0.2, 0.25) is 0 Å². The average Bonchev–Trinajstić information content (AvgIpc) is 2.60. The van der Waals surface area contributed by atoms with Crippen LogP contribution in [0.15, 0.2) is 0 Å². The van der Waals surface area contributed by atoms with E-state index in [0.717, 1.165) is 0 Å². The molecule has 1 atom stereocenters. The molecule has 0 aliphatic heterocycles. The number of aromatic nitrogens is 3. The molecule has 0 saturated heterocycles. The van der Waals surface area contributed by atoms with E-state index in [9.17, 15) is 14.4 Å². The van der Waals surface area contributed by atoms with Gasteiger partial charge in [-0.1, -0.05) is 0 Å². The van der Waals surface area contributed by atoms with Crippen LogP contribution in [0.25, 0.3) is 0 Å². The van der Waals surface area contributed by atoms with Gasteiger partial charge in [0.05, 0.1) is 6.42 Å². The van der Waals surface area contributed by atoms with Crippen molar-refractivity contribution in [2.45, 2.75) is 18.8 Å². The number of rotatable bonds is 6. The molecule has 0 fully saturated rings. The zero-order valence-electron chi connectivity index (χ0n) is 8.45. The van der Waals surface area contributed by atoms with Crippen molar-refractivity contribution in [1.29, 1.82) is 0 Å². The van der Waals surface area contributed by atoms with Crippen LogP contribution in [0.5, 0.6) is 0 Å². The molecule has 0 aliphatic rings. The monoisotopic (exact) mass is 243 g/mol. The summed E-state index contributed by atoms with van der Waals surface area (Å²) >= 11 is 0. The Balaban J connectivity index is 2.87. The zero-order valence-corrected chi connectivity index (χ0v) is 8.45. The van der Waals surface area contributed by atoms with Gasteiger partial charge in [0.1, 0.15) is 24.0 Å². The van der Waals surface area contributed by atoms with Crippen LogP contribution in [-0.4, -0.2) is 48.4 Å². The van der Waals surface area contributed by atoms with Crippen LogP contribution in [0.4, 0.5) is 0 Å². The minimum atomic E-state index is -1.37. The minimum absolute atomic E-state index is 0.0239. The molecule has 0 bridgehead atoms. The fourth-order valence-corrected chi connectivity index (χ4v) is 1.17. The van der Waals surface area contributed by atoms with Gasteiger partial charge >= 0.3 is 17.9 Å². The summed E-state index contributed by atoms with van der Waals surface area (Å²) in [5.74, 6) is -5.39. The third kappa shape index (κ3) is 3.55. The summed E-state index contributed by atoms with van der Waals surface area (Å²) < 4.78 is 0. The summed E-state index contributed by atoms with van der Waals surface area (Å²) in [6.45, 7) is 0. The van der Waals surface area contributed by atoms with Gasteiger partial charge in [-0.15, -0.1) is 10.2 Å². The predicted octanol–water partition coefficient (Wildman–Crippen LogP) is -0.925. The van der Waals surface area contributed by atoms with Gasteiger partial charge in [-0.2, -0.15) is 0 Å². The van der Waals surface area contributed by atoms with E-state index in [1.165, 1.54) is 0 Å². The van der Waals surface area contributed by atoms with Crippen molar-refractivity contribution >= 4 is 17.9 Å². The maximum atomic E-state index is 10.8. The van der Waals surface area contributed by atoms with Crippen molar-refractivity contribution in [3.8, 4) is 0 Å². The molecular weight excluding hydrogens is 234 g/mol. The fourth-order valence-electron chi connectivity index (χ4n) is 1.17. The Morgan fingerprint density at radius 2 is 1.76 bits per heavy atom. The lowest BCUT2D eigenvalue weighted by Crippen LogP contribution is -2.17. The molecule has 1 aromatic rings. The summed E-state index contributed by atoms with van der Waals surface area (Å²) in [4.78, 5) is 34.0. The fraction of sp³-hybridized carbons (Fsp3) is 0.375. The lowest BCUT2D eigenvalue weighted by atomic mass is 10.1. The number of H-pyrrole nitrogens is 1. The van der Waals surface area contributed by atoms with Gasteiger partial charge in [0, 0.05) is 0 Å². The maximum absolute atomic E-state index is 10.8. The van der Waals surface area contributed by atoms with Crippen molar-refractivity contribution in [2.75, 3.05) is 0 Å². The van der Waals surface area contributed by atoms with Gasteiger partial charge in [-0.3, -0.25) is 14.4 Å². The first-order chi connectivity index (χ1) is 7.90. The van der Waals surface area contributed by atoms with E-state index in [2.05, 4.69) is 15.2 Å². The van der Waals surface area contributed by atoms with Crippen molar-refractivity contribution in [2.24, 2.45) is 0 Å². The molecule has 17 heavy (non-hydrogen) atoms. The molecule has 0 saturated carbocycles. The first-order valence-electron chi connectivity index (χ1n) is 4.48. The van der Waals surface area contributed by atoms with Crippen LogP contribution < -0.4 is 0 Å². The van der Waals surface area contributed by atoms with E-state index in [1.807, 2.05) is 0 Å². The Morgan fingerprint density at radius 1 is 1.12 bits per heavy atom. The lowest BCUT2D eigenvalue weighted by molar-refractivity contribution is -0.145. The Hall–Kier alpha value is -2.45. The summed E-state index contributed by atoms with van der Waals surface area (Å²) in [5.41, 5.74) is 0. The zero-order chi connectivity index (χ0) is 13.0. The molecule has 0 amide bonds. The number of aromatic amines is 1. The highest BCUT2D eigenvalue weighted by molar-refractivity contribution is 5.81.